The second kappa shape index (κ2) is 6.33. The van der Waals surface area contributed by atoms with Gasteiger partial charge in [0.1, 0.15) is 12.2 Å². The van der Waals surface area contributed by atoms with Gasteiger partial charge in [-0.2, -0.15) is 5.10 Å². The molecule has 1 saturated heterocycles. The first-order valence-corrected chi connectivity index (χ1v) is 7.50. The Morgan fingerprint density at radius 1 is 1.48 bits per heavy atom. The van der Waals surface area contributed by atoms with Crippen molar-refractivity contribution in [1.82, 2.24) is 24.8 Å². The number of hydrogen-bond donors (Lipinski definition) is 1. The molecule has 2 aromatic heterocycles. The van der Waals surface area contributed by atoms with Gasteiger partial charge in [-0.1, -0.05) is 0 Å². The summed E-state index contributed by atoms with van der Waals surface area (Å²) in [4.78, 5) is 30.2. The van der Waals surface area contributed by atoms with Crippen LogP contribution in [-0.4, -0.2) is 58.6 Å². The molecule has 0 aliphatic carbocycles. The van der Waals surface area contributed by atoms with Gasteiger partial charge in [-0.15, -0.1) is 0 Å². The average molecular weight is 317 g/mol. The topological polar surface area (TPSA) is 88.8 Å². The summed E-state index contributed by atoms with van der Waals surface area (Å²) >= 11 is 0. The van der Waals surface area contributed by atoms with Crippen molar-refractivity contribution in [3.05, 3.63) is 29.7 Å². The maximum Gasteiger partial charge on any atom is 0.256 e. The minimum atomic E-state index is -0.233. The molecule has 23 heavy (non-hydrogen) atoms. The average Bonchev–Trinajstić information content (AvgIpc) is 3.20. The molecule has 0 bridgehead atoms. The number of nitrogens with zero attached hydrogens (tertiary/aromatic N) is 4. The fourth-order valence-electron chi connectivity index (χ4n) is 3.04. The summed E-state index contributed by atoms with van der Waals surface area (Å²) < 4.78 is 6.61. The van der Waals surface area contributed by atoms with Crippen LogP contribution in [0.2, 0.25) is 0 Å². The highest BCUT2D eigenvalue weighted by molar-refractivity contribution is 5.99. The van der Waals surface area contributed by atoms with Gasteiger partial charge < -0.3 is 15.0 Å². The van der Waals surface area contributed by atoms with Crippen molar-refractivity contribution in [3.8, 4) is 0 Å². The fourth-order valence-corrected chi connectivity index (χ4v) is 3.04. The first-order valence-electron chi connectivity index (χ1n) is 7.50. The van der Waals surface area contributed by atoms with E-state index in [1.54, 1.807) is 22.7 Å². The van der Waals surface area contributed by atoms with Crippen LogP contribution in [0.3, 0.4) is 0 Å². The van der Waals surface area contributed by atoms with E-state index >= 15 is 0 Å². The number of aromatic nitrogens is 3. The maximum absolute atomic E-state index is 12.2. The normalized spacial score (nSPS) is 17.7. The van der Waals surface area contributed by atoms with Crippen molar-refractivity contribution >= 4 is 17.5 Å². The summed E-state index contributed by atoms with van der Waals surface area (Å²) in [6, 6.07) is 1.76. The Kier molecular flexibility index (Phi) is 4.24. The standard InChI is InChI=1S/C15H19N5O3/c1-16-15(22)10-8-18-20-12(5-6-17-14(10)20)11-4-3-7-19(11)13(21)9-23-2/h5-6,8,11H,3-4,7,9H2,1-2H3,(H,16,22)/t11-/m1/s1. The molecule has 3 heterocycles. The van der Waals surface area contributed by atoms with E-state index in [1.807, 2.05) is 6.07 Å². The summed E-state index contributed by atoms with van der Waals surface area (Å²) in [5.41, 5.74) is 1.77. The summed E-state index contributed by atoms with van der Waals surface area (Å²) in [5.74, 6) is -0.276. The van der Waals surface area contributed by atoms with Gasteiger partial charge >= 0.3 is 0 Å². The monoisotopic (exact) mass is 317 g/mol. The van der Waals surface area contributed by atoms with Gasteiger partial charge in [0, 0.05) is 26.9 Å². The molecule has 1 fully saturated rings. The van der Waals surface area contributed by atoms with E-state index < -0.39 is 0 Å². The van der Waals surface area contributed by atoms with Gasteiger partial charge in [0.25, 0.3) is 5.91 Å². The molecule has 3 rings (SSSR count). The second-order valence-electron chi connectivity index (χ2n) is 5.42. The number of likely N-dealkylation sites (tertiary alicyclic amines) is 1. The van der Waals surface area contributed by atoms with Gasteiger partial charge in [-0.25, -0.2) is 9.50 Å². The van der Waals surface area contributed by atoms with Crippen molar-refractivity contribution < 1.29 is 14.3 Å². The van der Waals surface area contributed by atoms with E-state index in [-0.39, 0.29) is 24.5 Å². The maximum atomic E-state index is 12.2. The third-order valence-electron chi connectivity index (χ3n) is 4.08. The van der Waals surface area contributed by atoms with Crippen molar-refractivity contribution in [2.75, 3.05) is 27.3 Å². The SMILES string of the molecule is CNC(=O)c1cnn2c([C@H]3CCCN3C(=O)COC)ccnc12. The number of ether oxygens (including phenoxy) is 1. The van der Waals surface area contributed by atoms with Crippen LogP contribution in [0.4, 0.5) is 0 Å². The van der Waals surface area contributed by atoms with Crippen molar-refractivity contribution in [1.29, 1.82) is 0 Å². The highest BCUT2D eigenvalue weighted by Crippen LogP contribution is 2.32. The molecule has 1 atom stereocenters. The number of amides is 2. The summed E-state index contributed by atoms with van der Waals surface area (Å²) in [5, 5.41) is 6.88. The van der Waals surface area contributed by atoms with Crippen LogP contribution in [0.5, 0.6) is 0 Å². The minimum absolute atomic E-state index is 0.0429. The first-order chi connectivity index (χ1) is 11.2. The van der Waals surface area contributed by atoms with Gasteiger partial charge in [0.15, 0.2) is 5.65 Å². The van der Waals surface area contributed by atoms with E-state index in [0.717, 1.165) is 18.5 Å². The van der Waals surface area contributed by atoms with Crippen molar-refractivity contribution in [3.63, 3.8) is 0 Å². The number of fused-ring (bicyclic) bond motifs is 1. The van der Waals surface area contributed by atoms with Crippen LogP contribution in [-0.2, 0) is 9.53 Å². The molecule has 0 saturated carbocycles. The second-order valence-corrected chi connectivity index (χ2v) is 5.42. The van der Waals surface area contributed by atoms with Crippen molar-refractivity contribution in [2.24, 2.45) is 0 Å². The van der Waals surface area contributed by atoms with Crippen LogP contribution in [0.15, 0.2) is 18.5 Å². The van der Waals surface area contributed by atoms with Gasteiger partial charge in [0.05, 0.1) is 17.9 Å². The molecule has 2 amide bonds. The van der Waals surface area contributed by atoms with E-state index in [4.69, 9.17) is 4.74 Å². The lowest BCUT2D eigenvalue weighted by Crippen LogP contribution is -2.34. The summed E-state index contributed by atoms with van der Waals surface area (Å²) in [7, 11) is 3.08. The van der Waals surface area contributed by atoms with Crippen LogP contribution in [0.1, 0.15) is 34.9 Å². The number of methoxy groups -OCH3 is 1. The lowest BCUT2D eigenvalue weighted by Gasteiger charge is -2.25. The molecule has 2 aromatic rings. The molecular weight excluding hydrogens is 298 g/mol. The molecule has 0 spiro atoms. The van der Waals surface area contributed by atoms with Crippen LogP contribution in [0.25, 0.3) is 5.65 Å². The smallest absolute Gasteiger partial charge is 0.256 e. The van der Waals surface area contributed by atoms with Gasteiger partial charge in [-0.05, 0) is 18.9 Å². The van der Waals surface area contributed by atoms with Crippen LogP contribution in [0, 0.1) is 0 Å². The molecule has 0 radical (unpaired) electrons. The van der Waals surface area contributed by atoms with E-state index in [1.165, 1.54) is 13.3 Å². The third kappa shape index (κ3) is 2.65. The zero-order valence-corrected chi connectivity index (χ0v) is 13.2. The largest absolute Gasteiger partial charge is 0.375 e. The molecule has 122 valence electrons. The number of rotatable bonds is 4. The molecule has 8 heteroatoms. The summed E-state index contributed by atoms with van der Waals surface area (Å²) in [6.07, 6.45) is 4.92. The quantitative estimate of drug-likeness (QED) is 0.881. The number of nitrogens with one attached hydrogen (secondary N) is 1. The molecular formula is C15H19N5O3. The van der Waals surface area contributed by atoms with E-state index in [9.17, 15) is 9.59 Å². The Hall–Kier alpha value is -2.48. The Morgan fingerprint density at radius 3 is 3.04 bits per heavy atom. The Balaban J connectivity index is 2.01. The third-order valence-corrected chi connectivity index (χ3v) is 4.08. The molecule has 1 N–H and O–H groups in total. The Bertz CT molecular complexity index is 742. The van der Waals surface area contributed by atoms with E-state index in [2.05, 4.69) is 15.4 Å². The predicted octanol–water partition coefficient (Wildman–Crippen LogP) is 0.399. The fraction of sp³-hybridized carbons (Fsp3) is 0.467. The lowest BCUT2D eigenvalue weighted by molar-refractivity contribution is -0.136. The number of hydrogen-bond acceptors (Lipinski definition) is 5. The van der Waals surface area contributed by atoms with Crippen LogP contribution < -0.4 is 5.32 Å². The highest BCUT2D eigenvalue weighted by Gasteiger charge is 2.32. The Morgan fingerprint density at radius 2 is 2.30 bits per heavy atom. The first kappa shape index (κ1) is 15.4. The molecule has 8 nitrogen and oxygen atoms in total. The minimum Gasteiger partial charge on any atom is -0.375 e. The summed E-state index contributed by atoms with van der Waals surface area (Å²) in [6.45, 7) is 0.758. The number of carbonyl (C=O) groups is 2. The predicted molar refractivity (Wildman–Crippen MR) is 81.9 cm³/mol. The van der Waals surface area contributed by atoms with Gasteiger partial charge in [-0.3, -0.25) is 9.59 Å². The zero-order valence-electron chi connectivity index (χ0n) is 13.2. The van der Waals surface area contributed by atoms with E-state index in [0.29, 0.717) is 17.8 Å². The van der Waals surface area contributed by atoms with Gasteiger partial charge in [0.2, 0.25) is 5.91 Å². The molecule has 0 unspecified atom stereocenters. The van der Waals surface area contributed by atoms with Crippen molar-refractivity contribution in [2.45, 2.75) is 18.9 Å². The molecule has 0 aromatic carbocycles. The highest BCUT2D eigenvalue weighted by atomic mass is 16.5. The number of carbonyl (C=O) groups excluding carboxylic acids is 2. The lowest BCUT2D eigenvalue weighted by atomic mass is 10.1. The molecule has 1 aliphatic rings. The zero-order chi connectivity index (χ0) is 16.4. The molecule has 1 aliphatic heterocycles. The Labute approximate surface area is 133 Å². The van der Waals surface area contributed by atoms with Crippen LogP contribution >= 0.6 is 0 Å².